The van der Waals surface area contributed by atoms with Crippen molar-refractivity contribution in [3.8, 4) is 0 Å². The Labute approximate surface area is 146 Å². The number of aromatic amines is 1. The van der Waals surface area contributed by atoms with Crippen LogP contribution >= 0.6 is 0 Å². The minimum atomic E-state index is -0.216. The summed E-state index contributed by atoms with van der Waals surface area (Å²) in [7, 11) is 0. The molecular formula is C20H21N3O2. The van der Waals surface area contributed by atoms with Crippen LogP contribution in [0.3, 0.4) is 0 Å². The van der Waals surface area contributed by atoms with Crippen LogP contribution in [-0.2, 0) is 4.79 Å². The number of para-hydroxylation sites is 1. The van der Waals surface area contributed by atoms with Crippen LogP contribution in [0, 0.1) is 12.8 Å². The number of nitrogens with one attached hydrogen (secondary N) is 3. The first kappa shape index (κ1) is 16.8. The van der Waals surface area contributed by atoms with E-state index in [2.05, 4.69) is 15.6 Å². The predicted molar refractivity (Wildman–Crippen MR) is 101 cm³/mol. The summed E-state index contributed by atoms with van der Waals surface area (Å²) in [6, 6.07) is 15.0. The third-order valence-corrected chi connectivity index (χ3v) is 4.05. The highest BCUT2D eigenvalue weighted by Gasteiger charge is 2.12. The molecule has 0 aliphatic rings. The number of benzene rings is 2. The molecule has 0 radical (unpaired) electrons. The zero-order valence-corrected chi connectivity index (χ0v) is 14.5. The lowest BCUT2D eigenvalue weighted by Gasteiger charge is -2.12. The van der Waals surface area contributed by atoms with Gasteiger partial charge in [0.25, 0.3) is 5.91 Å². The van der Waals surface area contributed by atoms with E-state index in [0.29, 0.717) is 17.1 Å². The molecule has 3 rings (SSSR count). The van der Waals surface area contributed by atoms with E-state index in [1.54, 1.807) is 6.07 Å². The van der Waals surface area contributed by atoms with Crippen LogP contribution in [0.1, 0.15) is 29.9 Å². The van der Waals surface area contributed by atoms with Crippen LogP contribution in [0.2, 0.25) is 0 Å². The van der Waals surface area contributed by atoms with Crippen LogP contribution in [0.15, 0.2) is 48.5 Å². The summed E-state index contributed by atoms with van der Waals surface area (Å²) in [6.07, 6.45) is 0. The quantitative estimate of drug-likeness (QED) is 0.664. The molecule has 0 aliphatic heterocycles. The van der Waals surface area contributed by atoms with Gasteiger partial charge < -0.3 is 15.6 Å². The van der Waals surface area contributed by atoms with Crippen molar-refractivity contribution in [2.45, 2.75) is 20.8 Å². The Morgan fingerprint density at radius 2 is 1.76 bits per heavy atom. The Hall–Kier alpha value is -3.08. The van der Waals surface area contributed by atoms with Crippen molar-refractivity contribution in [1.29, 1.82) is 0 Å². The van der Waals surface area contributed by atoms with Gasteiger partial charge in [-0.15, -0.1) is 0 Å². The summed E-state index contributed by atoms with van der Waals surface area (Å²) >= 11 is 0. The van der Waals surface area contributed by atoms with E-state index in [9.17, 15) is 9.59 Å². The van der Waals surface area contributed by atoms with Gasteiger partial charge in [-0.1, -0.05) is 38.1 Å². The summed E-state index contributed by atoms with van der Waals surface area (Å²) < 4.78 is 0. The standard InChI is InChI=1S/C20H21N3O2/c1-12(2)19(24)21-15-9-8-13(3)17(11-15)23-20(25)18-10-14-6-4-5-7-16(14)22-18/h4-12,22H,1-3H3,(H,21,24)(H,23,25). The van der Waals surface area contributed by atoms with Crippen molar-refractivity contribution < 1.29 is 9.59 Å². The van der Waals surface area contributed by atoms with Gasteiger partial charge in [-0.05, 0) is 36.8 Å². The van der Waals surface area contributed by atoms with Crippen molar-refractivity contribution in [3.05, 3.63) is 59.8 Å². The zero-order valence-electron chi connectivity index (χ0n) is 14.5. The molecule has 3 N–H and O–H groups in total. The molecule has 1 heterocycles. The maximum Gasteiger partial charge on any atom is 0.272 e. The highest BCUT2D eigenvalue weighted by atomic mass is 16.2. The van der Waals surface area contributed by atoms with Gasteiger partial charge in [-0.25, -0.2) is 0 Å². The first-order valence-corrected chi connectivity index (χ1v) is 8.24. The highest BCUT2D eigenvalue weighted by molar-refractivity contribution is 6.06. The molecule has 1 aromatic heterocycles. The van der Waals surface area contributed by atoms with Gasteiger partial charge in [0.2, 0.25) is 5.91 Å². The number of hydrogen-bond acceptors (Lipinski definition) is 2. The number of H-pyrrole nitrogens is 1. The van der Waals surface area contributed by atoms with Crippen LogP contribution in [0.25, 0.3) is 10.9 Å². The molecule has 25 heavy (non-hydrogen) atoms. The number of fused-ring (bicyclic) bond motifs is 1. The Balaban J connectivity index is 1.81. The predicted octanol–water partition coefficient (Wildman–Crippen LogP) is 4.32. The van der Waals surface area contributed by atoms with Gasteiger partial charge in [-0.3, -0.25) is 9.59 Å². The van der Waals surface area contributed by atoms with E-state index in [4.69, 9.17) is 0 Å². The Kier molecular flexibility index (Phi) is 4.57. The van der Waals surface area contributed by atoms with Crippen molar-refractivity contribution in [1.82, 2.24) is 4.98 Å². The number of rotatable bonds is 4. The van der Waals surface area contributed by atoms with E-state index in [0.717, 1.165) is 16.5 Å². The minimum absolute atomic E-state index is 0.0586. The lowest BCUT2D eigenvalue weighted by Crippen LogP contribution is -2.18. The molecule has 5 nitrogen and oxygen atoms in total. The Bertz CT molecular complexity index is 908. The Morgan fingerprint density at radius 1 is 1.00 bits per heavy atom. The molecule has 0 saturated carbocycles. The number of hydrogen-bond donors (Lipinski definition) is 3. The molecule has 0 spiro atoms. The molecule has 3 aromatic rings. The molecule has 0 saturated heterocycles. The molecule has 128 valence electrons. The number of amides is 2. The Morgan fingerprint density at radius 3 is 2.48 bits per heavy atom. The molecule has 0 bridgehead atoms. The molecular weight excluding hydrogens is 314 g/mol. The molecule has 2 aromatic carbocycles. The third-order valence-electron chi connectivity index (χ3n) is 4.05. The van der Waals surface area contributed by atoms with E-state index in [-0.39, 0.29) is 17.7 Å². The number of aryl methyl sites for hydroxylation is 1. The van der Waals surface area contributed by atoms with Gasteiger partial charge in [0.15, 0.2) is 0 Å². The van der Waals surface area contributed by atoms with Crippen LogP contribution < -0.4 is 10.6 Å². The largest absolute Gasteiger partial charge is 0.351 e. The lowest BCUT2D eigenvalue weighted by molar-refractivity contribution is -0.118. The normalized spacial score (nSPS) is 10.9. The second kappa shape index (κ2) is 6.81. The summed E-state index contributed by atoms with van der Waals surface area (Å²) in [6.45, 7) is 5.58. The molecule has 0 fully saturated rings. The monoisotopic (exact) mass is 335 g/mol. The first-order chi connectivity index (χ1) is 11.9. The summed E-state index contributed by atoms with van der Waals surface area (Å²) in [4.78, 5) is 27.5. The highest BCUT2D eigenvalue weighted by Crippen LogP contribution is 2.22. The number of aromatic nitrogens is 1. The zero-order chi connectivity index (χ0) is 18.0. The maximum atomic E-state index is 12.5. The molecule has 0 aliphatic carbocycles. The summed E-state index contributed by atoms with van der Waals surface area (Å²) in [5.41, 5.74) is 3.67. The number of carbonyl (C=O) groups is 2. The molecule has 2 amide bonds. The van der Waals surface area contributed by atoms with Gasteiger partial charge >= 0.3 is 0 Å². The minimum Gasteiger partial charge on any atom is -0.351 e. The first-order valence-electron chi connectivity index (χ1n) is 8.24. The van der Waals surface area contributed by atoms with Gasteiger partial charge in [0, 0.05) is 28.2 Å². The molecule has 0 atom stereocenters. The van der Waals surface area contributed by atoms with Gasteiger partial charge in [0.1, 0.15) is 5.69 Å². The fourth-order valence-electron chi connectivity index (χ4n) is 2.51. The second-order valence-corrected chi connectivity index (χ2v) is 6.40. The fourth-order valence-corrected chi connectivity index (χ4v) is 2.51. The topological polar surface area (TPSA) is 74.0 Å². The third kappa shape index (κ3) is 3.71. The number of anilines is 2. The lowest BCUT2D eigenvalue weighted by atomic mass is 10.1. The molecule has 5 heteroatoms. The van der Waals surface area contributed by atoms with E-state index in [1.807, 2.05) is 63.2 Å². The van der Waals surface area contributed by atoms with Crippen molar-refractivity contribution >= 4 is 34.1 Å². The van der Waals surface area contributed by atoms with E-state index >= 15 is 0 Å². The van der Waals surface area contributed by atoms with Crippen molar-refractivity contribution in [2.24, 2.45) is 5.92 Å². The average Bonchev–Trinajstić information content (AvgIpc) is 3.02. The van der Waals surface area contributed by atoms with E-state index in [1.165, 1.54) is 0 Å². The number of carbonyl (C=O) groups excluding carboxylic acids is 2. The van der Waals surface area contributed by atoms with Crippen LogP contribution in [0.5, 0.6) is 0 Å². The van der Waals surface area contributed by atoms with Gasteiger partial charge in [0.05, 0.1) is 0 Å². The SMILES string of the molecule is Cc1ccc(NC(=O)C(C)C)cc1NC(=O)c1cc2ccccc2[nH]1. The van der Waals surface area contributed by atoms with Crippen molar-refractivity contribution in [2.75, 3.05) is 10.6 Å². The molecule has 0 unspecified atom stereocenters. The van der Waals surface area contributed by atoms with Crippen LogP contribution in [0.4, 0.5) is 11.4 Å². The summed E-state index contributed by atoms with van der Waals surface area (Å²) in [5.74, 6) is -0.380. The van der Waals surface area contributed by atoms with Crippen LogP contribution in [-0.4, -0.2) is 16.8 Å². The maximum absolute atomic E-state index is 12.5. The van der Waals surface area contributed by atoms with Crippen molar-refractivity contribution in [3.63, 3.8) is 0 Å². The van der Waals surface area contributed by atoms with Gasteiger partial charge in [-0.2, -0.15) is 0 Å². The van der Waals surface area contributed by atoms with E-state index < -0.39 is 0 Å². The fraction of sp³-hybridized carbons (Fsp3) is 0.200. The summed E-state index contributed by atoms with van der Waals surface area (Å²) in [5, 5.41) is 6.74. The smallest absolute Gasteiger partial charge is 0.272 e. The second-order valence-electron chi connectivity index (χ2n) is 6.40. The average molecular weight is 335 g/mol.